The summed E-state index contributed by atoms with van der Waals surface area (Å²) in [5.74, 6) is 1.92. The zero-order valence-electron chi connectivity index (χ0n) is 16.0. The van der Waals surface area contributed by atoms with Crippen molar-refractivity contribution in [3.05, 3.63) is 42.7 Å². The number of hydrogen-bond donors (Lipinski definition) is 1. The lowest BCUT2D eigenvalue weighted by molar-refractivity contribution is 0.366. The van der Waals surface area contributed by atoms with E-state index in [0.29, 0.717) is 0 Å². The van der Waals surface area contributed by atoms with Gasteiger partial charge < -0.3 is 19.9 Å². The molecule has 1 fully saturated rings. The fourth-order valence-corrected chi connectivity index (χ4v) is 3.17. The number of halogens is 1. The second-order valence-corrected chi connectivity index (χ2v) is 6.15. The van der Waals surface area contributed by atoms with Gasteiger partial charge in [0.1, 0.15) is 5.75 Å². The van der Waals surface area contributed by atoms with Crippen LogP contribution in [0, 0.1) is 0 Å². The van der Waals surface area contributed by atoms with Crippen LogP contribution < -0.4 is 15.0 Å². The first-order valence-corrected chi connectivity index (χ1v) is 9.20. The lowest BCUT2D eigenvalue weighted by Crippen LogP contribution is -2.52. The number of rotatable bonds is 6. The van der Waals surface area contributed by atoms with Gasteiger partial charge in [-0.15, -0.1) is 24.0 Å². The van der Waals surface area contributed by atoms with Crippen molar-refractivity contribution in [2.75, 3.05) is 51.3 Å². The second kappa shape index (κ2) is 11.0. The van der Waals surface area contributed by atoms with E-state index in [0.717, 1.165) is 63.2 Å². The van der Waals surface area contributed by atoms with E-state index in [4.69, 9.17) is 9.73 Å². The third-order valence-corrected chi connectivity index (χ3v) is 4.49. The van der Waals surface area contributed by atoms with E-state index in [1.54, 1.807) is 13.3 Å². The van der Waals surface area contributed by atoms with E-state index in [1.165, 1.54) is 0 Å². The first-order valence-electron chi connectivity index (χ1n) is 9.20. The van der Waals surface area contributed by atoms with Crippen LogP contribution in [0.15, 0.2) is 47.7 Å². The third-order valence-electron chi connectivity index (χ3n) is 4.49. The Balaban J connectivity index is 0.00000261. The molecule has 0 aliphatic carbocycles. The molecule has 0 saturated carbocycles. The Bertz CT molecular complexity index is 698. The van der Waals surface area contributed by atoms with Gasteiger partial charge in [-0.05, 0) is 25.1 Å². The lowest BCUT2D eigenvalue weighted by atomic mass is 10.2. The quantitative estimate of drug-likeness (QED) is 0.388. The van der Waals surface area contributed by atoms with Crippen LogP contribution in [0.4, 0.5) is 5.69 Å². The van der Waals surface area contributed by atoms with E-state index in [-0.39, 0.29) is 24.0 Å². The van der Waals surface area contributed by atoms with Crippen LogP contribution in [0.25, 0.3) is 0 Å². The van der Waals surface area contributed by atoms with Gasteiger partial charge >= 0.3 is 0 Å². The maximum Gasteiger partial charge on any atom is 0.194 e. The molecule has 0 spiro atoms. The van der Waals surface area contributed by atoms with Gasteiger partial charge in [0.25, 0.3) is 0 Å². The molecule has 0 bridgehead atoms. The summed E-state index contributed by atoms with van der Waals surface area (Å²) < 4.78 is 7.41. The number of benzene rings is 1. The average Bonchev–Trinajstić information content (AvgIpc) is 3.21. The number of nitrogens with zero attached hydrogens (tertiary/aromatic N) is 5. The molecule has 148 valence electrons. The molecule has 2 aromatic rings. The van der Waals surface area contributed by atoms with Gasteiger partial charge in [-0.25, -0.2) is 0 Å². The summed E-state index contributed by atoms with van der Waals surface area (Å²) in [5, 5.41) is 7.64. The topological polar surface area (TPSA) is 57.9 Å². The summed E-state index contributed by atoms with van der Waals surface area (Å²) in [6, 6.07) is 10.1. The largest absolute Gasteiger partial charge is 0.495 e. The highest BCUT2D eigenvalue weighted by Crippen LogP contribution is 2.28. The summed E-state index contributed by atoms with van der Waals surface area (Å²) in [4.78, 5) is 9.48. The van der Waals surface area contributed by atoms with Crippen LogP contribution in [0.2, 0.25) is 0 Å². The highest BCUT2D eigenvalue weighted by atomic mass is 127. The Morgan fingerprint density at radius 1 is 1.19 bits per heavy atom. The Morgan fingerprint density at radius 2 is 1.96 bits per heavy atom. The fraction of sp³-hybridized carbons (Fsp3) is 0.474. The molecule has 8 heteroatoms. The number of aromatic nitrogens is 2. The fourth-order valence-electron chi connectivity index (χ4n) is 3.17. The van der Waals surface area contributed by atoms with Gasteiger partial charge in [-0.3, -0.25) is 9.67 Å². The van der Waals surface area contributed by atoms with Crippen molar-refractivity contribution in [2.24, 2.45) is 4.99 Å². The molecule has 1 aromatic heterocycles. The molecule has 0 amide bonds. The first-order chi connectivity index (χ1) is 12.8. The number of ether oxygens (including phenoxy) is 1. The molecule has 7 nitrogen and oxygen atoms in total. The lowest BCUT2D eigenvalue weighted by Gasteiger charge is -2.38. The maximum absolute atomic E-state index is 5.50. The minimum Gasteiger partial charge on any atom is -0.495 e. The number of aliphatic imine (C=N–C) groups is 1. The number of anilines is 1. The van der Waals surface area contributed by atoms with Gasteiger partial charge in [0.05, 0.1) is 25.9 Å². The predicted molar refractivity (Wildman–Crippen MR) is 120 cm³/mol. The van der Waals surface area contributed by atoms with Gasteiger partial charge in [0.2, 0.25) is 0 Å². The van der Waals surface area contributed by atoms with Crippen LogP contribution in [0.3, 0.4) is 0 Å². The monoisotopic (exact) mass is 484 g/mol. The number of nitrogens with one attached hydrogen (secondary N) is 1. The molecular weight excluding hydrogens is 455 g/mol. The van der Waals surface area contributed by atoms with Gasteiger partial charge in [-0.1, -0.05) is 12.1 Å². The van der Waals surface area contributed by atoms with Crippen LogP contribution in [-0.4, -0.2) is 67.0 Å². The summed E-state index contributed by atoms with van der Waals surface area (Å²) in [6.07, 6.45) is 3.76. The van der Waals surface area contributed by atoms with Crippen molar-refractivity contribution in [1.82, 2.24) is 20.0 Å². The molecule has 1 N–H and O–H groups in total. The maximum atomic E-state index is 5.50. The van der Waals surface area contributed by atoms with Crippen molar-refractivity contribution < 1.29 is 4.74 Å². The number of hydrogen-bond acceptors (Lipinski definition) is 4. The number of methoxy groups -OCH3 is 1. The van der Waals surface area contributed by atoms with Crippen LogP contribution in [0.5, 0.6) is 5.75 Å². The van der Waals surface area contributed by atoms with E-state index in [1.807, 2.05) is 29.1 Å². The highest BCUT2D eigenvalue weighted by Gasteiger charge is 2.21. The molecule has 27 heavy (non-hydrogen) atoms. The van der Waals surface area contributed by atoms with Crippen molar-refractivity contribution >= 4 is 35.6 Å². The number of piperazine rings is 1. The zero-order chi connectivity index (χ0) is 18.2. The molecule has 0 unspecified atom stereocenters. The minimum atomic E-state index is 0. The smallest absolute Gasteiger partial charge is 0.194 e. The molecule has 2 heterocycles. The van der Waals surface area contributed by atoms with Crippen LogP contribution in [-0.2, 0) is 6.54 Å². The van der Waals surface area contributed by atoms with Crippen molar-refractivity contribution in [3.8, 4) is 5.75 Å². The Labute approximate surface area is 178 Å². The molecular formula is C19H29IN6O. The van der Waals surface area contributed by atoms with Crippen LogP contribution >= 0.6 is 24.0 Å². The first kappa shape index (κ1) is 21.3. The standard InChI is InChI=1S/C19H28N6O.HI/c1-3-20-19(21-10-12-25-11-6-9-22-25)24-15-13-23(14-16-24)17-7-4-5-8-18(17)26-2;/h4-9,11H,3,10,12-16H2,1-2H3,(H,20,21);1H. The predicted octanol–water partition coefficient (Wildman–Crippen LogP) is 2.30. The van der Waals surface area contributed by atoms with Gasteiger partial charge in [0, 0.05) is 45.1 Å². The second-order valence-electron chi connectivity index (χ2n) is 6.15. The van der Waals surface area contributed by atoms with Crippen molar-refractivity contribution in [3.63, 3.8) is 0 Å². The molecule has 3 rings (SSSR count). The van der Waals surface area contributed by atoms with E-state index < -0.39 is 0 Å². The molecule has 0 radical (unpaired) electrons. The minimum absolute atomic E-state index is 0. The number of guanidine groups is 1. The Morgan fingerprint density at radius 3 is 2.63 bits per heavy atom. The highest BCUT2D eigenvalue weighted by molar-refractivity contribution is 14.0. The van der Waals surface area contributed by atoms with Crippen molar-refractivity contribution in [1.29, 1.82) is 0 Å². The zero-order valence-corrected chi connectivity index (χ0v) is 18.4. The van der Waals surface area contributed by atoms with Crippen molar-refractivity contribution in [2.45, 2.75) is 13.5 Å². The van der Waals surface area contributed by atoms with E-state index >= 15 is 0 Å². The molecule has 1 aliphatic rings. The van der Waals surface area contributed by atoms with Crippen LogP contribution in [0.1, 0.15) is 6.92 Å². The Hall–Kier alpha value is -1.97. The SMILES string of the molecule is CCNC(=NCCn1cccn1)N1CCN(c2ccccc2OC)CC1.I. The van der Waals surface area contributed by atoms with Gasteiger partial charge in [-0.2, -0.15) is 5.10 Å². The summed E-state index contributed by atoms with van der Waals surface area (Å²) in [6.45, 7) is 8.26. The third kappa shape index (κ3) is 5.75. The van der Waals surface area contributed by atoms with Gasteiger partial charge in [0.15, 0.2) is 5.96 Å². The normalized spacial score (nSPS) is 14.7. The van der Waals surface area contributed by atoms with E-state index in [2.05, 4.69) is 39.3 Å². The summed E-state index contributed by atoms with van der Waals surface area (Å²) in [5.41, 5.74) is 1.16. The average molecular weight is 484 g/mol. The molecule has 0 atom stereocenters. The summed E-state index contributed by atoms with van der Waals surface area (Å²) in [7, 11) is 1.73. The number of para-hydroxylation sites is 2. The molecule has 1 aromatic carbocycles. The summed E-state index contributed by atoms with van der Waals surface area (Å²) >= 11 is 0. The van der Waals surface area contributed by atoms with E-state index in [9.17, 15) is 0 Å². The molecule has 1 aliphatic heterocycles. The Kier molecular flexibility index (Phi) is 8.70. The molecule has 1 saturated heterocycles.